The van der Waals surface area contributed by atoms with E-state index in [-0.39, 0.29) is 0 Å². The van der Waals surface area contributed by atoms with E-state index >= 15 is 0 Å². The smallest absolute Gasteiger partial charge is 0.102 e. The molecule has 0 aromatic heterocycles. The summed E-state index contributed by atoms with van der Waals surface area (Å²) in [6.45, 7) is 0. The van der Waals surface area contributed by atoms with E-state index in [4.69, 9.17) is 28.9 Å². The first-order valence-electron chi connectivity index (χ1n) is 3.96. The van der Waals surface area contributed by atoms with Gasteiger partial charge >= 0.3 is 0 Å². The molecule has 0 fully saturated rings. The Morgan fingerprint density at radius 2 is 1.79 bits per heavy atom. The van der Waals surface area contributed by atoms with Crippen molar-refractivity contribution in [3.05, 3.63) is 22.2 Å². The van der Waals surface area contributed by atoms with Crippen LogP contribution in [0.2, 0.25) is 10.0 Å². The third-order valence-electron chi connectivity index (χ3n) is 1.46. The lowest BCUT2D eigenvalue weighted by atomic mass is 10.3. The van der Waals surface area contributed by atoms with Crippen LogP contribution >= 0.6 is 23.2 Å². The Morgan fingerprint density at radius 3 is 2.21 bits per heavy atom. The summed E-state index contributed by atoms with van der Waals surface area (Å²) in [4.78, 5) is 5.92. The molecule has 2 N–H and O–H groups in total. The second-order valence-corrected chi connectivity index (χ2v) is 3.86. The van der Waals surface area contributed by atoms with Gasteiger partial charge in [0.15, 0.2) is 0 Å². The molecule has 0 saturated carbocycles. The molecule has 14 heavy (non-hydrogen) atoms. The molecule has 0 saturated heterocycles. The average Bonchev–Trinajstić information content (AvgIpc) is 2.01. The molecule has 0 amide bonds. The van der Waals surface area contributed by atoms with Crippen LogP contribution in [0.5, 0.6) is 0 Å². The molecule has 0 spiro atoms. The highest BCUT2D eigenvalue weighted by molar-refractivity contribution is 6.39. The quantitative estimate of drug-likeness (QED) is 0.484. The predicted octanol–water partition coefficient (Wildman–Crippen LogP) is 2.80. The van der Waals surface area contributed by atoms with Crippen LogP contribution in [-0.4, -0.2) is 25.3 Å². The lowest BCUT2D eigenvalue weighted by molar-refractivity contribution is 0.643. The number of nitrogens with two attached hydrogens (primary N) is 1. The largest absolute Gasteiger partial charge is 0.399 e. The maximum Gasteiger partial charge on any atom is 0.102 e. The monoisotopic (exact) mass is 231 g/mol. The minimum atomic E-state index is 0.452. The summed E-state index contributed by atoms with van der Waals surface area (Å²) in [5.41, 5.74) is 6.62. The average molecular weight is 232 g/mol. The van der Waals surface area contributed by atoms with Crippen LogP contribution < -0.4 is 5.73 Å². The fourth-order valence-corrected chi connectivity index (χ4v) is 1.48. The van der Waals surface area contributed by atoms with Gasteiger partial charge in [-0.3, -0.25) is 0 Å². The van der Waals surface area contributed by atoms with Crippen molar-refractivity contribution in [3.8, 4) is 0 Å². The number of anilines is 1. The highest BCUT2D eigenvalue weighted by Crippen LogP contribution is 2.34. The molecule has 1 rings (SSSR count). The number of halogens is 2. The highest BCUT2D eigenvalue weighted by atomic mass is 35.5. The van der Waals surface area contributed by atoms with E-state index in [0.717, 1.165) is 0 Å². The number of rotatable bonds is 2. The highest BCUT2D eigenvalue weighted by Gasteiger charge is 2.05. The zero-order valence-electron chi connectivity index (χ0n) is 7.96. The van der Waals surface area contributed by atoms with Gasteiger partial charge in [0.2, 0.25) is 0 Å². The fourth-order valence-electron chi connectivity index (χ4n) is 0.882. The minimum absolute atomic E-state index is 0.452. The van der Waals surface area contributed by atoms with Crippen LogP contribution in [0.15, 0.2) is 17.1 Å². The molecule has 1 aromatic rings. The van der Waals surface area contributed by atoms with E-state index in [9.17, 15) is 0 Å². The number of hydrogen-bond donors (Lipinski definition) is 1. The van der Waals surface area contributed by atoms with Crippen molar-refractivity contribution in [2.45, 2.75) is 0 Å². The van der Waals surface area contributed by atoms with E-state index in [1.54, 1.807) is 23.4 Å². The number of benzene rings is 1. The predicted molar refractivity (Wildman–Crippen MR) is 62.7 cm³/mol. The molecule has 0 radical (unpaired) electrons. The first-order chi connectivity index (χ1) is 6.50. The lowest BCUT2D eigenvalue weighted by Gasteiger charge is -2.05. The summed E-state index contributed by atoms with van der Waals surface area (Å²) >= 11 is 11.8. The minimum Gasteiger partial charge on any atom is -0.399 e. The zero-order valence-corrected chi connectivity index (χ0v) is 9.47. The van der Waals surface area contributed by atoms with Crippen molar-refractivity contribution in [1.29, 1.82) is 0 Å². The van der Waals surface area contributed by atoms with E-state index in [0.29, 0.717) is 21.4 Å². The molecule has 0 atom stereocenters. The normalized spacial score (nSPS) is 10.9. The van der Waals surface area contributed by atoms with Crippen LogP contribution in [0.1, 0.15) is 0 Å². The van der Waals surface area contributed by atoms with Gasteiger partial charge in [0.25, 0.3) is 0 Å². The summed E-state index contributed by atoms with van der Waals surface area (Å²) in [7, 11) is 3.73. The van der Waals surface area contributed by atoms with Gasteiger partial charge in [0, 0.05) is 19.8 Å². The Hall–Kier alpha value is -0.930. The molecular formula is C9H11Cl2N3. The Kier molecular flexibility index (Phi) is 3.61. The van der Waals surface area contributed by atoms with Gasteiger partial charge in [-0.05, 0) is 12.1 Å². The Bertz CT molecular complexity index is 338. The molecular weight excluding hydrogens is 221 g/mol. The topological polar surface area (TPSA) is 41.6 Å². The third kappa shape index (κ3) is 2.79. The Labute approximate surface area is 93.1 Å². The van der Waals surface area contributed by atoms with Gasteiger partial charge in [0.05, 0.1) is 16.4 Å². The number of nitrogen functional groups attached to an aromatic ring is 1. The lowest BCUT2D eigenvalue weighted by Crippen LogP contribution is -2.07. The zero-order chi connectivity index (χ0) is 10.7. The van der Waals surface area contributed by atoms with Crippen molar-refractivity contribution < 1.29 is 0 Å². The second kappa shape index (κ2) is 4.53. The maximum atomic E-state index is 5.92. The van der Waals surface area contributed by atoms with Crippen LogP contribution in [0.25, 0.3) is 0 Å². The van der Waals surface area contributed by atoms with Crippen molar-refractivity contribution in [2.24, 2.45) is 4.99 Å². The van der Waals surface area contributed by atoms with Gasteiger partial charge < -0.3 is 10.6 Å². The molecule has 1 aromatic carbocycles. The van der Waals surface area contributed by atoms with Gasteiger partial charge in [-0.1, -0.05) is 23.2 Å². The van der Waals surface area contributed by atoms with Crippen molar-refractivity contribution in [2.75, 3.05) is 19.8 Å². The van der Waals surface area contributed by atoms with E-state index in [2.05, 4.69) is 4.99 Å². The standard InChI is InChI=1S/C9H11Cl2N3/c1-14(2)5-13-9-7(10)3-6(12)4-8(9)11/h3-5H,12H2,1-2H3/b13-5-. The van der Waals surface area contributed by atoms with Crippen molar-refractivity contribution in [3.63, 3.8) is 0 Å². The number of nitrogens with zero attached hydrogens (tertiary/aromatic N) is 2. The maximum absolute atomic E-state index is 5.92. The molecule has 0 heterocycles. The van der Waals surface area contributed by atoms with E-state index in [1.165, 1.54) is 0 Å². The summed E-state index contributed by atoms with van der Waals surface area (Å²) in [6.07, 6.45) is 1.63. The molecule has 0 unspecified atom stereocenters. The number of aliphatic imine (C=N–C) groups is 1. The molecule has 0 aliphatic rings. The van der Waals surface area contributed by atoms with Crippen LogP contribution in [0.4, 0.5) is 11.4 Å². The third-order valence-corrected chi connectivity index (χ3v) is 2.03. The summed E-state index contributed by atoms with van der Waals surface area (Å²) < 4.78 is 0. The Balaban J connectivity index is 3.09. The van der Waals surface area contributed by atoms with Crippen molar-refractivity contribution >= 4 is 40.9 Å². The summed E-state index contributed by atoms with van der Waals surface area (Å²) in [5.74, 6) is 0. The molecule has 0 aliphatic heterocycles. The first kappa shape index (κ1) is 11.1. The molecule has 5 heteroatoms. The molecule has 0 aliphatic carbocycles. The van der Waals surface area contributed by atoms with Crippen molar-refractivity contribution in [1.82, 2.24) is 4.90 Å². The van der Waals surface area contributed by atoms with Gasteiger partial charge in [0.1, 0.15) is 5.69 Å². The fraction of sp³-hybridized carbons (Fsp3) is 0.222. The first-order valence-corrected chi connectivity index (χ1v) is 4.71. The molecule has 3 nitrogen and oxygen atoms in total. The summed E-state index contributed by atoms with van der Waals surface area (Å²) in [6, 6.07) is 3.24. The van der Waals surface area contributed by atoms with Gasteiger partial charge in [-0.2, -0.15) is 0 Å². The van der Waals surface area contributed by atoms with Gasteiger partial charge in [-0.15, -0.1) is 0 Å². The second-order valence-electron chi connectivity index (χ2n) is 3.04. The van der Waals surface area contributed by atoms with E-state index in [1.807, 2.05) is 14.1 Å². The van der Waals surface area contributed by atoms with Gasteiger partial charge in [-0.25, -0.2) is 4.99 Å². The van der Waals surface area contributed by atoms with E-state index < -0.39 is 0 Å². The number of hydrogen-bond acceptors (Lipinski definition) is 2. The summed E-state index contributed by atoms with van der Waals surface area (Å²) in [5, 5.41) is 0.904. The van der Waals surface area contributed by atoms with Crippen LogP contribution in [0.3, 0.4) is 0 Å². The Morgan fingerprint density at radius 1 is 1.29 bits per heavy atom. The SMILES string of the molecule is CN(C)/C=N\c1c(Cl)cc(N)cc1Cl. The van der Waals surface area contributed by atoms with Crippen LogP contribution in [0, 0.1) is 0 Å². The molecule has 76 valence electrons. The molecule has 0 bridgehead atoms. The van der Waals surface area contributed by atoms with Crippen LogP contribution in [-0.2, 0) is 0 Å².